The van der Waals surface area contributed by atoms with Gasteiger partial charge >= 0.3 is 0 Å². The van der Waals surface area contributed by atoms with Crippen molar-refractivity contribution in [2.75, 3.05) is 33.2 Å². The monoisotopic (exact) mass is 356 g/mol. The lowest BCUT2D eigenvalue weighted by atomic mass is 9.99. The van der Waals surface area contributed by atoms with Crippen molar-refractivity contribution >= 4 is 17.5 Å². The minimum atomic E-state index is -0.376. The summed E-state index contributed by atoms with van der Waals surface area (Å²) in [6.45, 7) is 0.625. The van der Waals surface area contributed by atoms with Crippen LogP contribution in [0.15, 0.2) is 30.3 Å². The van der Waals surface area contributed by atoms with E-state index in [4.69, 9.17) is 14.2 Å². The van der Waals surface area contributed by atoms with E-state index in [1.807, 2.05) is 6.07 Å². The van der Waals surface area contributed by atoms with E-state index in [1.165, 1.54) is 21.3 Å². The van der Waals surface area contributed by atoms with Gasteiger partial charge in [-0.15, -0.1) is 0 Å². The SMILES string of the molecule is COc1ccc(C(=O)Nc2ccc3c(c2)C(=O)NCC3)c(OC)c1OC. The molecule has 0 atom stereocenters. The molecular formula is C19H20N2O5. The fourth-order valence-corrected chi connectivity index (χ4v) is 2.97. The Kier molecular flexibility index (Phi) is 4.97. The third kappa shape index (κ3) is 3.15. The summed E-state index contributed by atoms with van der Waals surface area (Å²) in [6.07, 6.45) is 0.777. The molecule has 0 saturated carbocycles. The van der Waals surface area contributed by atoms with E-state index in [-0.39, 0.29) is 17.6 Å². The summed E-state index contributed by atoms with van der Waals surface area (Å²) in [5.74, 6) is 0.573. The van der Waals surface area contributed by atoms with Gasteiger partial charge in [0.25, 0.3) is 11.8 Å². The molecule has 0 unspecified atom stereocenters. The Morgan fingerprint density at radius 2 is 1.81 bits per heavy atom. The largest absolute Gasteiger partial charge is 0.493 e. The molecule has 2 amide bonds. The molecule has 7 nitrogen and oxygen atoms in total. The normalized spacial score (nSPS) is 12.7. The number of carbonyl (C=O) groups is 2. The maximum atomic E-state index is 12.7. The average molecular weight is 356 g/mol. The highest BCUT2D eigenvalue weighted by molar-refractivity contribution is 6.08. The van der Waals surface area contributed by atoms with Gasteiger partial charge in [-0.05, 0) is 36.2 Å². The first-order valence-corrected chi connectivity index (χ1v) is 8.10. The molecule has 0 bridgehead atoms. The van der Waals surface area contributed by atoms with Crippen molar-refractivity contribution in [1.82, 2.24) is 5.32 Å². The highest BCUT2D eigenvalue weighted by Gasteiger charge is 2.22. The zero-order valence-corrected chi connectivity index (χ0v) is 14.8. The summed E-state index contributed by atoms with van der Waals surface area (Å²) >= 11 is 0. The van der Waals surface area contributed by atoms with Crippen molar-refractivity contribution in [2.45, 2.75) is 6.42 Å². The molecule has 1 heterocycles. The Balaban J connectivity index is 1.91. The van der Waals surface area contributed by atoms with Gasteiger partial charge in [-0.2, -0.15) is 0 Å². The van der Waals surface area contributed by atoms with E-state index in [2.05, 4.69) is 10.6 Å². The Morgan fingerprint density at radius 3 is 2.50 bits per heavy atom. The van der Waals surface area contributed by atoms with Crippen molar-refractivity contribution < 1.29 is 23.8 Å². The quantitative estimate of drug-likeness (QED) is 0.858. The molecule has 0 fully saturated rings. The number of carbonyl (C=O) groups excluding carboxylic acids is 2. The standard InChI is InChI=1S/C19H20N2O5/c1-24-15-7-6-13(16(25-2)17(15)26-3)19(23)21-12-5-4-11-8-9-20-18(22)14(11)10-12/h4-7,10H,8-9H2,1-3H3,(H,20,22)(H,21,23). The summed E-state index contributed by atoms with van der Waals surface area (Å²) in [5.41, 5.74) is 2.37. The van der Waals surface area contributed by atoms with Crippen molar-refractivity contribution in [3.8, 4) is 17.2 Å². The van der Waals surface area contributed by atoms with E-state index in [1.54, 1.807) is 24.3 Å². The van der Waals surface area contributed by atoms with Crippen LogP contribution in [0.4, 0.5) is 5.69 Å². The Morgan fingerprint density at radius 1 is 1.04 bits per heavy atom. The molecule has 2 aromatic carbocycles. The summed E-state index contributed by atoms with van der Waals surface area (Å²) < 4.78 is 15.9. The van der Waals surface area contributed by atoms with Gasteiger partial charge in [0.1, 0.15) is 0 Å². The molecule has 2 N–H and O–H groups in total. The fourth-order valence-electron chi connectivity index (χ4n) is 2.97. The summed E-state index contributed by atoms with van der Waals surface area (Å²) in [4.78, 5) is 24.7. The molecule has 1 aliphatic rings. The lowest BCUT2D eigenvalue weighted by molar-refractivity contribution is 0.0944. The first-order valence-electron chi connectivity index (χ1n) is 8.10. The van der Waals surface area contributed by atoms with Gasteiger partial charge < -0.3 is 24.8 Å². The molecule has 136 valence electrons. The number of methoxy groups -OCH3 is 3. The maximum absolute atomic E-state index is 12.7. The molecule has 1 aliphatic heterocycles. The van der Waals surface area contributed by atoms with Crippen LogP contribution in [0.1, 0.15) is 26.3 Å². The second-order valence-electron chi connectivity index (χ2n) is 5.71. The highest BCUT2D eigenvalue weighted by atomic mass is 16.5. The first-order chi connectivity index (χ1) is 12.6. The number of ether oxygens (including phenoxy) is 3. The number of benzene rings is 2. The van der Waals surface area contributed by atoms with E-state index in [9.17, 15) is 9.59 Å². The Bertz CT molecular complexity index is 863. The number of fused-ring (bicyclic) bond motifs is 1. The van der Waals surface area contributed by atoms with Crippen LogP contribution in [-0.4, -0.2) is 39.7 Å². The molecule has 0 spiro atoms. The molecule has 0 aromatic heterocycles. The number of rotatable bonds is 5. The number of hydrogen-bond donors (Lipinski definition) is 2. The van der Waals surface area contributed by atoms with Crippen molar-refractivity contribution in [1.29, 1.82) is 0 Å². The molecule has 2 aromatic rings. The van der Waals surface area contributed by atoms with E-state index in [0.29, 0.717) is 34.9 Å². The van der Waals surface area contributed by atoms with E-state index in [0.717, 1.165) is 12.0 Å². The summed E-state index contributed by atoms with van der Waals surface area (Å²) in [6, 6.07) is 8.55. The second kappa shape index (κ2) is 7.35. The molecule has 3 rings (SSSR count). The van der Waals surface area contributed by atoms with Gasteiger partial charge in [-0.3, -0.25) is 9.59 Å². The second-order valence-corrected chi connectivity index (χ2v) is 5.71. The zero-order valence-electron chi connectivity index (χ0n) is 14.8. The van der Waals surface area contributed by atoms with Crippen LogP contribution in [0.5, 0.6) is 17.2 Å². The van der Waals surface area contributed by atoms with Gasteiger partial charge in [-0.1, -0.05) is 6.07 Å². The van der Waals surface area contributed by atoms with Crippen molar-refractivity contribution in [2.24, 2.45) is 0 Å². The topological polar surface area (TPSA) is 85.9 Å². The van der Waals surface area contributed by atoms with Crippen LogP contribution in [0.2, 0.25) is 0 Å². The predicted octanol–water partition coefficient (Wildman–Crippen LogP) is 2.25. The summed E-state index contributed by atoms with van der Waals surface area (Å²) in [7, 11) is 4.44. The first kappa shape index (κ1) is 17.6. The van der Waals surface area contributed by atoms with Gasteiger partial charge in [0, 0.05) is 17.8 Å². The van der Waals surface area contributed by atoms with Crippen LogP contribution in [0.25, 0.3) is 0 Å². The van der Waals surface area contributed by atoms with Crippen molar-refractivity contribution in [3.05, 3.63) is 47.0 Å². The fraction of sp³-hybridized carbons (Fsp3) is 0.263. The van der Waals surface area contributed by atoms with Crippen LogP contribution in [0, 0.1) is 0 Å². The minimum absolute atomic E-state index is 0.133. The lowest BCUT2D eigenvalue weighted by Gasteiger charge is -2.18. The van der Waals surface area contributed by atoms with Crippen LogP contribution >= 0.6 is 0 Å². The molecular weight excluding hydrogens is 336 g/mol. The lowest BCUT2D eigenvalue weighted by Crippen LogP contribution is -2.31. The van der Waals surface area contributed by atoms with Gasteiger partial charge in [0.2, 0.25) is 5.75 Å². The highest BCUT2D eigenvalue weighted by Crippen LogP contribution is 2.40. The van der Waals surface area contributed by atoms with Gasteiger partial charge in [-0.25, -0.2) is 0 Å². The number of hydrogen-bond acceptors (Lipinski definition) is 5. The number of amides is 2. The van der Waals surface area contributed by atoms with Gasteiger partial charge in [0.05, 0.1) is 26.9 Å². The molecule has 0 saturated heterocycles. The van der Waals surface area contributed by atoms with E-state index < -0.39 is 0 Å². The van der Waals surface area contributed by atoms with Crippen molar-refractivity contribution in [3.63, 3.8) is 0 Å². The smallest absolute Gasteiger partial charge is 0.259 e. The van der Waals surface area contributed by atoms with Crippen LogP contribution in [-0.2, 0) is 6.42 Å². The third-order valence-electron chi connectivity index (χ3n) is 4.24. The summed E-state index contributed by atoms with van der Waals surface area (Å²) in [5, 5.41) is 5.59. The maximum Gasteiger partial charge on any atom is 0.259 e. The Labute approximate surface area is 151 Å². The zero-order chi connectivity index (χ0) is 18.7. The number of anilines is 1. The Hall–Kier alpha value is -3.22. The van der Waals surface area contributed by atoms with E-state index >= 15 is 0 Å². The number of nitrogens with one attached hydrogen (secondary N) is 2. The van der Waals surface area contributed by atoms with Crippen LogP contribution in [0.3, 0.4) is 0 Å². The molecule has 0 aliphatic carbocycles. The average Bonchev–Trinajstić information content (AvgIpc) is 2.67. The molecule has 26 heavy (non-hydrogen) atoms. The molecule has 7 heteroatoms. The minimum Gasteiger partial charge on any atom is -0.493 e. The van der Waals surface area contributed by atoms with Gasteiger partial charge in [0.15, 0.2) is 11.5 Å². The third-order valence-corrected chi connectivity index (χ3v) is 4.24. The predicted molar refractivity (Wildman–Crippen MR) is 96.5 cm³/mol. The van der Waals surface area contributed by atoms with Crippen LogP contribution < -0.4 is 24.8 Å². The molecule has 0 radical (unpaired) electrons.